The molecule has 0 amide bonds. The maximum Gasteiger partial charge on any atom is 0.0556 e. The molecular formula is C14H30N2O. The average molecular weight is 242 g/mol. The lowest BCUT2D eigenvalue weighted by Gasteiger charge is -2.40. The Balaban J connectivity index is 2.48. The van der Waals surface area contributed by atoms with E-state index in [1.54, 1.807) is 0 Å². The number of hydrogen-bond donors (Lipinski definition) is 2. The topological polar surface area (TPSA) is 35.5 Å². The van der Waals surface area contributed by atoms with Crippen molar-refractivity contribution in [1.82, 2.24) is 10.2 Å². The van der Waals surface area contributed by atoms with Gasteiger partial charge in [0.05, 0.1) is 6.61 Å². The third kappa shape index (κ3) is 5.84. The molecular weight excluding hydrogens is 212 g/mol. The Kier molecular flexibility index (Phi) is 5.90. The molecule has 17 heavy (non-hydrogen) atoms. The summed E-state index contributed by atoms with van der Waals surface area (Å²) >= 11 is 0. The lowest BCUT2D eigenvalue weighted by Crippen LogP contribution is -2.50. The Labute approximate surface area is 107 Å². The van der Waals surface area contributed by atoms with Gasteiger partial charge >= 0.3 is 0 Å². The molecule has 1 rings (SSSR count). The number of rotatable bonds is 5. The Morgan fingerprint density at radius 3 is 2.53 bits per heavy atom. The molecule has 2 atom stereocenters. The van der Waals surface area contributed by atoms with Crippen molar-refractivity contribution in [3.05, 3.63) is 0 Å². The third-order valence-corrected chi connectivity index (χ3v) is 3.51. The average Bonchev–Trinajstić information content (AvgIpc) is 2.23. The SMILES string of the molecule is CCN1CC(CC(C)(C)C)CC(NCCO)C1. The van der Waals surface area contributed by atoms with Crippen molar-refractivity contribution < 1.29 is 5.11 Å². The quantitative estimate of drug-likeness (QED) is 0.770. The van der Waals surface area contributed by atoms with Gasteiger partial charge in [0.2, 0.25) is 0 Å². The maximum atomic E-state index is 8.90. The molecule has 2 N–H and O–H groups in total. The Bertz CT molecular complexity index is 213. The number of nitrogens with one attached hydrogen (secondary N) is 1. The van der Waals surface area contributed by atoms with E-state index in [-0.39, 0.29) is 6.61 Å². The molecule has 3 nitrogen and oxygen atoms in total. The summed E-state index contributed by atoms with van der Waals surface area (Å²) in [6.45, 7) is 13.7. The molecule has 0 spiro atoms. The second-order valence-electron chi connectivity index (χ2n) is 6.59. The molecule has 1 aliphatic rings. The van der Waals surface area contributed by atoms with Crippen LogP contribution in [0.4, 0.5) is 0 Å². The van der Waals surface area contributed by atoms with Gasteiger partial charge in [0.25, 0.3) is 0 Å². The Morgan fingerprint density at radius 1 is 1.29 bits per heavy atom. The molecule has 3 heteroatoms. The minimum absolute atomic E-state index is 0.243. The van der Waals surface area contributed by atoms with Crippen molar-refractivity contribution in [2.24, 2.45) is 11.3 Å². The fraction of sp³-hybridized carbons (Fsp3) is 1.00. The number of aliphatic hydroxyl groups excluding tert-OH is 1. The van der Waals surface area contributed by atoms with Gasteiger partial charge in [-0.05, 0) is 30.7 Å². The summed E-state index contributed by atoms with van der Waals surface area (Å²) in [7, 11) is 0. The molecule has 0 saturated carbocycles. The predicted molar refractivity (Wildman–Crippen MR) is 73.2 cm³/mol. The molecule has 0 aliphatic carbocycles. The summed E-state index contributed by atoms with van der Waals surface area (Å²) in [6.07, 6.45) is 2.55. The molecule has 1 saturated heterocycles. The first kappa shape index (κ1) is 14.9. The van der Waals surface area contributed by atoms with Crippen molar-refractivity contribution in [3.8, 4) is 0 Å². The van der Waals surface area contributed by atoms with Gasteiger partial charge in [-0.3, -0.25) is 0 Å². The fourth-order valence-corrected chi connectivity index (χ4v) is 2.99. The number of piperidine rings is 1. The van der Waals surface area contributed by atoms with E-state index in [0.717, 1.165) is 25.6 Å². The van der Waals surface area contributed by atoms with Crippen LogP contribution in [0.3, 0.4) is 0 Å². The minimum atomic E-state index is 0.243. The zero-order valence-corrected chi connectivity index (χ0v) is 12.0. The first-order valence-electron chi connectivity index (χ1n) is 7.01. The summed E-state index contributed by atoms with van der Waals surface area (Å²) in [4.78, 5) is 2.54. The third-order valence-electron chi connectivity index (χ3n) is 3.51. The molecule has 0 aromatic heterocycles. The number of nitrogens with zero attached hydrogens (tertiary/aromatic N) is 1. The van der Waals surface area contributed by atoms with Crippen LogP contribution >= 0.6 is 0 Å². The lowest BCUT2D eigenvalue weighted by molar-refractivity contribution is 0.116. The van der Waals surface area contributed by atoms with Gasteiger partial charge in [-0.2, -0.15) is 0 Å². The summed E-state index contributed by atoms with van der Waals surface area (Å²) in [6, 6.07) is 0.559. The van der Waals surface area contributed by atoms with Crippen LogP contribution in [-0.4, -0.2) is 48.8 Å². The van der Waals surface area contributed by atoms with Gasteiger partial charge in [0, 0.05) is 25.7 Å². The fourth-order valence-electron chi connectivity index (χ4n) is 2.99. The zero-order valence-electron chi connectivity index (χ0n) is 12.0. The van der Waals surface area contributed by atoms with Crippen LogP contribution in [0, 0.1) is 11.3 Å². The zero-order chi connectivity index (χ0) is 12.9. The smallest absolute Gasteiger partial charge is 0.0556 e. The molecule has 0 aromatic rings. The largest absolute Gasteiger partial charge is 0.395 e. The predicted octanol–water partition coefficient (Wildman–Crippen LogP) is 1.71. The molecule has 0 aromatic carbocycles. The van der Waals surface area contributed by atoms with Gasteiger partial charge in [0.1, 0.15) is 0 Å². The van der Waals surface area contributed by atoms with E-state index in [9.17, 15) is 0 Å². The molecule has 0 bridgehead atoms. The second-order valence-corrected chi connectivity index (χ2v) is 6.59. The molecule has 1 aliphatic heterocycles. The minimum Gasteiger partial charge on any atom is -0.395 e. The highest BCUT2D eigenvalue weighted by atomic mass is 16.3. The van der Waals surface area contributed by atoms with Crippen molar-refractivity contribution in [2.45, 2.75) is 46.6 Å². The van der Waals surface area contributed by atoms with Crippen LogP contribution < -0.4 is 5.32 Å². The van der Waals surface area contributed by atoms with Gasteiger partial charge in [-0.1, -0.05) is 27.7 Å². The van der Waals surface area contributed by atoms with Crippen molar-refractivity contribution in [1.29, 1.82) is 0 Å². The van der Waals surface area contributed by atoms with Crippen LogP contribution in [0.1, 0.15) is 40.5 Å². The highest BCUT2D eigenvalue weighted by molar-refractivity contribution is 4.85. The lowest BCUT2D eigenvalue weighted by atomic mass is 9.80. The molecule has 1 fully saturated rings. The van der Waals surface area contributed by atoms with E-state index in [2.05, 4.69) is 37.9 Å². The summed E-state index contributed by atoms with van der Waals surface area (Å²) in [5, 5.41) is 12.4. The van der Waals surface area contributed by atoms with E-state index in [0.29, 0.717) is 11.5 Å². The van der Waals surface area contributed by atoms with Gasteiger partial charge in [-0.15, -0.1) is 0 Å². The van der Waals surface area contributed by atoms with Gasteiger partial charge in [0.15, 0.2) is 0 Å². The monoisotopic (exact) mass is 242 g/mol. The highest BCUT2D eigenvalue weighted by Crippen LogP contribution is 2.30. The first-order chi connectivity index (χ1) is 7.94. The van der Waals surface area contributed by atoms with E-state index in [4.69, 9.17) is 5.11 Å². The number of aliphatic hydroxyl groups is 1. The number of hydrogen-bond acceptors (Lipinski definition) is 3. The number of likely N-dealkylation sites (N-methyl/N-ethyl adjacent to an activating group) is 1. The standard InChI is InChI=1S/C14H30N2O/c1-5-16-10-12(9-14(2,3)4)8-13(11-16)15-6-7-17/h12-13,15,17H,5-11H2,1-4H3. The normalized spacial score (nSPS) is 27.4. The van der Waals surface area contributed by atoms with Crippen LogP contribution in [0.15, 0.2) is 0 Å². The Morgan fingerprint density at radius 2 is 2.00 bits per heavy atom. The summed E-state index contributed by atoms with van der Waals surface area (Å²) in [5.41, 5.74) is 0.420. The first-order valence-corrected chi connectivity index (χ1v) is 7.01. The summed E-state index contributed by atoms with van der Waals surface area (Å²) < 4.78 is 0. The summed E-state index contributed by atoms with van der Waals surface area (Å²) in [5.74, 6) is 0.792. The van der Waals surface area contributed by atoms with Crippen LogP contribution in [0.2, 0.25) is 0 Å². The molecule has 0 radical (unpaired) electrons. The van der Waals surface area contributed by atoms with Gasteiger partial charge < -0.3 is 15.3 Å². The van der Waals surface area contributed by atoms with E-state index < -0.39 is 0 Å². The van der Waals surface area contributed by atoms with Crippen molar-refractivity contribution in [2.75, 3.05) is 32.8 Å². The maximum absolute atomic E-state index is 8.90. The number of likely N-dealkylation sites (tertiary alicyclic amines) is 1. The van der Waals surface area contributed by atoms with Gasteiger partial charge in [-0.25, -0.2) is 0 Å². The van der Waals surface area contributed by atoms with E-state index >= 15 is 0 Å². The van der Waals surface area contributed by atoms with E-state index in [1.807, 2.05) is 0 Å². The molecule has 1 heterocycles. The van der Waals surface area contributed by atoms with Crippen LogP contribution in [-0.2, 0) is 0 Å². The Hall–Kier alpha value is -0.120. The van der Waals surface area contributed by atoms with Crippen molar-refractivity contribution in [3.63, 3.8) is 0 Å². The highest BCUT2D eigenvalue weighted by Gasteiger charge is 2.28. The molecule has 102 valence electrons. The van der Waals surface area contributed by atoms with E-state index in [1.165, 1.54) is 19.4 Å². The van der Waals surface area contributed by atoms with Crippen LogP contribution in [0.5, 0.6) is 0 Å². The van der Waals surface area contributed by atoms with Crippen molar-refractivity contribution >= 4 is 0 Å². The molecule has 2 unspecified atom stereocenters. The second kappa shape index (κ2) is 6.72. The van der Waals surface area contributed by atoms with Crippen LogP contribution in [0.25, 0.3) is 0 Å².